The van der Waals surface area contributed by atoms with Crippen molar-refractivity contribution in [2.45, 2.75) is 70.3 Å². The SMILES string of the molecule is CCN(CC1CCC1)C(=O)NC1(CC(=O)O)CCCCC1. The molecule has 0 aliphatic heterocycles. The Morgan fingerprint density at radius 3 is 2.33 bits per heavy atom. The second kappa shape index (κ2) is 7.14. The summed E-state index contributed by atoms with van der Waals surface area (Å²) >= 11 is 0. The molecule has 21 heavy (non-hydrogen) atoms. The topological polar surface area (TPSA) is 69.6 Å². The molecule has 0 radical (unpaired) electrons. The van der Waals surface area contributed by atoms with Crippen molar-refractivity contribution in [1.82, 2.24) is 10.2 Å². The van der Waals surface area contributed by atoms with Gasteiger partial charge in [-0.2, -0.15) is 0 Å². The molecule has 0 bridgehead atoms. The molecule has 0 saturated heterocycles. The van der Waals surface area contributed by atoms with Gasteiger partial charge in [-0.15, -0.1) is 0 Å². The van der Waals surface area contributed by atoms with E-state index in [0.29, 0.717) is 12.5 Å². The fourth-order valence-corrected chi connectivity index (χ4v) is 3.51. The lowest BCUT2D eigenvalue weighted by Crippen LogP contribution is -2.56. The predicted octanol–water partition coefficient (Wildman–Crippen LogP) is 3.00. The van der Waals surface area contributed by atoms with Crippen LogP contribution in [0.25, 0.3) is 0 Å². The number of hydrogen-bond acceptors (Lipinski definition) is 2. The highest BCUT2D eigenvalue weighted by molar-refractivity contribution is 5.77. The van der Waals surface area contributed by atoms with E-state index < -0.39 is 11.5 Å². The number of rotatable bonds is 6. The molecular formula is C16H28N2O3. The summed E-state index contributed by atoms with van der Waals surface area (Å²) in [7, 11) is 0. The zero-order valence-electron chi connectivity index (χ0n) is 13.1. The van der Waals surface area contributed by atoms with Crippen LogP contribution in [-0.2, 0) is 4.79 Å². The Hall–Kier alpha value is -1.26. The van der Waals surface area contributed by atoms with Crippen LogP contribution in [0.3, 0.4) is 0 Å². The van der Waals surface area contributed by atoms with Gasteiger partial charge in [-0.3, -0.25) is 4.79 Å². The molecule has 120 valence electrons. The van der Waals surface area contributed by atoms with E-state index in [1.807, 2.05) is 11.8 Å². The third-order valence-electron chi connectivity index (χ3n) is 5.04. The van der Waals surface area contributed by atoms with Crippen LogP contribution in [-0.4, -0.2) is 40.6 Å². The Kier molecular flexibility index (Phi) is 5.48. The predicted molar refractivity (Wildman–Crippen MR) is 81.2 cm³/mol. The molecule has 0 unspecified atom stereocenters. The Morgan fingerprint density at radius 2 is 1.86 bits per heavy atom. The first-order valence-electron chi connectivity index (χ1n) is 8.33. The van der Waals surface area contributed by atoms with Crippen molar-refractivity contribution >= 4 is 12.0 Å². The highest BCUT2D eigenvalue weighted by atomic mass is 16.4. The Bertz CT molecular complexity index is 374. The van der Waals surface area contributed by atoms with Crippen molar-refractivity contribution in [3.63, 3.8) is 0 Å². The molecule has 2 saturated carbocycles. The van der Waals surface area contributed by atoms with E-state index in [0.717, 1.165) is 38.6 Å². The number of urea groups is 1. The van der Waals surface area contributed by atoms with Gasteiger partial charge in [-0.25, -0.2) is 4.79 Å². The molecule has 0 aromatic heterocycles. The summed E-state index contributed by atoms with van der Waals surface area (Å²) in [5, 5.41) is 12.2. The van der Waals surface area contributed by atoms with E-state index >= 15 is 0 Å². The number of aliphatic carboxylic acids is 1. The first-order valence-corrected chi connectivity index (χ1v) is 8.33. The van der Waals surface area contributed by atoms with Crippen LogP contribution in [0.15, 0.2) is 0 Å². The number of carboxylic acid groups (broad SMARTS) is 1. The number of carboxylic acids is 1. The molecule has 2 N–H and O–H groups in total. The van der Waals surface area contributed by atoms with Crippen LogP contribution >= 0.6 is 0 Å². The number of carbonyl (C=O) groups excluding carboxylic acids is 1. The normalized spacial score (nSPS) is 21.4. The molecule has 0 heterocycles. The van der Waals surface area contributed by atoms with Crippen LogP contribution in [0.5, 0.6) is 0 Å². The van der Waals surface area contributed by atoms with Crippen LogP contribution in [0.2, 0.25) is 0 Å². The molecule has 0 aromatic carbocycles. The average molecular weight is 296 g/mol. The number of amides is 2. The molecule has 2 amide bonds. The maximum Gasteiger partial charge on any atom is 0.317 e. The van der Waals surface area contributed by atoms with Gasteiger partial charge < -0.3 is 15.3 Å². The highest BCUT2D eigenvalue weighted by Crippen LogP contribution is 2.32. The number of nitrogens with one attached hydrogen (secondary N) is 1. The van der Waals surface area contributed by atoms with E-state index in [9.17, 15) is 9.59 Å². The third-order valence-corrected chi connectivity index (χ3v) is 5.04. The molecule has 5 heteroatoms. The quantitative estimate of drug-likeness (QED) is 0.791. The average Bonchev–Trinajstić information content (AvgIpc) is 2.37. The largest absolute Gasteiger partial charge is 0.481 e. The smallest absolute Gasteiger partial charge is 0.317 e. The molecular weight excluding hydrogens is 268 g/mol. The number of nitrogens with zero attached hydrogens (tertiary/aromatic N) is 1. The molecule has 0 aromatic rings. The summed E-state index contributed by atoms with van der Waals surface area (Å²) in [6, 6.07) is -0.0763. The van der Waals surface area contributed by atoms with Crippen molar-refractivity contribution in [1.29, 1.82) is 0 Å². The minimum atomic E-state index is -0.820. The maximum absolute atomic E-state index is 12.5. The van der Waals surface area contributed by atoms with Gasteiger partial charge in [0.2, 0.25) is 0 Å². The van der Waals surface area contributed by atoms with Crippen LogP contribution < -0.4 is 5.32 Å². The summed E-state index contributed by atoms with van der Waals surface area (Å²) < 4.78 is 0. The fourth-order valence-electron chi connectivity index (χ4n) is 3.51. The lowest BCUT2D eigenvalue weighted by molar-refractivity contribution is -0.139. The zero-order chi connectivity index (χ0) is 15.3. The van der Waals surface area contributed by atoms with Gasteiger partial charge in [-0.1, -0.05) is 25.7 Å². The van der Waals surface area contributed by atoms with E-state index in [1.54, 1.807) is 0 Å². The summed E-state index contributed by atoms with van der Waals surface area (Å²) in [6.07, 6.45) is 8.44. The van der Waals surface area contributed by atoms with E-state index in [1.165, 1.54) is 19.3 Å². The van der Waals surface area contributed by atoms with E-state index in [-0.39, 0.29) is 12.5 Å². The summed E-state index contributed by atoms with van der Waals surface area (Å²) in [5.41, 5.74) is -0.534. The summed E-state index contributed by atoms with van der Waals surface area (Å²) in [5.74, 6) is -0.184. The molecule has 2 fully saturated rings. The molecule has 2 rings (SSSR count). The van der Waals surface area contributed by atoms with E-state index in [4.69, 9.17) is 5.11 Å². The van der Waals surface area contributed by atoms with Crippen LogP contribution in [0, 0.1) is 5.92 Å². The minimum absolute atomic E-state index is 0.0414. The van der Waals surface area contributed by atoms with Gasteiger partial charge in [-0.05, 0) is 38.5 Å². The molecule has 2 aliphatic carbocycles. The van der Waals surface area contributed by atoms with Crippen molar-refractivity contribution in [2.24, 2.45) is 5.92 Å². The van der Waals surface area contributed by atoms with Crippen molar-refractivity contribution in [2.75, 3.05) is 13.1 Å². The lowest BCUT2D eigenvalue weighted by atomic mass is 9.79. The van der Waals surface area contributed by atoms with Crippen molar-refractivity contribution < 1.29 is 14.7 Å². The monoisotopic (exact) mass is 296 g/mol. The zero-order valence-corrected chi connectivity index (χ0v) is 13.1. The van der Waals surface area contributed by atoms with Crippen molar-refractivity contribution in [3.05, 3.63) is 0 Å². The third kappa shape index (κ3) is 4.35. The van der Waals surface area contributed by atoms with Gasteiger partial charge in [0.15, 0.2) is 0 Å². The Labute approximate surface area is 127 Å². The maximum atomic E-state index is 12.5. The van der Waals surface area contributed by atoms with Gasteiger partial charge in [0.05, 0.1) is 12.0 Å². The number of carbonyl (C=O) groups is 2. The first-order chi connectivity index (χ1) is 10.0. The highest BCUT2D eigenvalue weighted by Gasteiger charge is 2.37. The number of hydrogen-bond donors (Lipinski definition) is 2. The summed E-state index contributed by atoms with van der Waals surface area (Å²) in [4.78, 5) is 25.5. The second-order valence-electron chi connectivity index (χ2n) is 6.68. The van der Waals surface area contributed by atoms with Gasteiger partial charge in [0.1, 0.15) is 0 Å². The van der Waals surface area contributed by atoms with Crippen LogP contribution in [0.4, 0.5) is 4.79 Å². The molecule has 0 atom stereocenters. The van der Waals surface area contributed by atoms with Gasteiger partial charge in [0, 0.05) is 13.1 Å². The summed E-state index contributed by atoms with van der Waals surface area (Å²) in [6.45, 7) is 3.49. The molecule has 2 aliphatic rings. The van der Waals surface area contributed by atoms with Gasteiger partial charge >= 0.3 is 12.0 Å². The fraction of sp³-hybridized carbons (Fsp3) is 0.875. The van der Waals surface area contributed by atoms with Crippen molar-refractivity contribution in [3.8, 4) is 0 Å². The minimum Gasteiger partial charge on any atom is -0.481 e. The second-order valence-corrected chi connectivity index (χ2v) is 6.68. The van der Waals surface area contributed by atoms with Crippen LogP contribution in [0.1, 0.15) is 64.7 Å². The Morgan fingerprint density at radius 1 is 1.19 bits per heavy atom. The lowest BCUT2D eigenvalue weighted by Gasteiger charge is -2.39. The van der Waals surface area contributed by atoms with E-state index in [2.05, 4.69) is 5.32 Å². The standard InChI is InChI=1S/C16H28N2O3/c1-2-18(12-13-7-6-8-13)15(21)17-16(11-14(19)20)9-4-3-5-10-16/h13H,2-12H2,1H3,(H,17,21)(H,19,20). The Balaban J connectivity index is 1.96. The molecule has 0 spiro atoms. The first kappa shape index (κ1) is 16.1. The molecule has 5 nitrogen and oxygen atoms in total. The van der Waals surface area contributed by atoms with Gasteiger partial charge in [0.25, 0.3) is 0 Å².